The van der Waals surface area contributed by atoms with Crippen LogP contribution in [0.4, 0.5) is 0 Å². The number of aromatic nitrogens is 2. The summed E-state index contributed by atoms with van der Waals surface area (Å²) in [5.41, 5.74) is 2.43. The predicted octanol–water partition coefficient (Wildman–Crippen LogP) is 4.95. The third-order valence-corrected chi connectivity index (χ3v) is 6.13. The van der Waals surface area contributed by atoms with Crippen LogP contribution >= 0.6 is 43.2 Å². The molecule has 0 aromatic carbocycles. The molecule has 0 spiro atoms. The number of aryl methyl sites for hydroxylation is 2. The van der Waals surface area contributed by atoms with E-state index in [0.29, 0.717) is 6.04 Å². The lowest BCUT2D eigenvalue weighted by atomic mass is 10.1. The van der Waals surface area contributed by atoms with Gasteiger partial charge < -0.3 is 5.32 Å². The van der Waals surface area contributed by atoms with Gasteiger partial charge in [0.25, 0.3) is 0 Å². The lowest BCUT2D eigenvalue weighted by Gasteiger charge is -2.17. The molecule has 0 radical (unpaired) electrons. The van der Waals surface area contributed by atoms with E-state index < -0.39 is 0 Å². The van der Waals surface area contributed by atoms with E-state index in [1.807, 2.05) is 0 Å². The zero-order chi connectivity index (χ0) is 15.4. The number of thiophene rings is 1. The number of hydrogen-bond acceptors (Lipinski definition) is 3. The van der Waals surface area contributed by atoms with Gasteiger partial charge in [0.2, 0.25) is 0 Å². The molecule has 2 aromatic heterocycles. The van der Waals surface area contributed by atoms with Gasteiger partial charge in [-0.05, 0) is 63.9 Å². The predicted molar refractivity (Wildman–Crippen MR) is 97.1 cm³/mol. The average molecular weight is 435 g/mol. The van der Waals surface area contributed by atoms with E-state index in [1.165, 1.54) is 18.8 Å². The van der Waals surface area contributed by atoms with Gasteiger partial charge in [-0.15, -0.1) is 11.3 Å². The fourth-order valence-corrected chi connectivity index (χ4v) is 4.67. The van der Waals surface area contributed by atoms with Crippen molar-refractivity contribution in [3.05, 3.63) is 36.7 Å². The number of halogens is 2. The maximum atomic E-state index is 4.69. The van der Waals surface area contributed by atoms with Crippen molar-refractivity contribution >= 4 is 43.2 Å². The van der Waals surface area contributed by atoms with Crippen molar-refractivity contribution in [2.75, 3.05) is 6.54 Å². The number of likely N-dealkylation sites (N-methyl/N-ethyl adjacent to an activating group) is 1. The summed E-state index contributed by atoms with van der Waals surface area (Å²) in [6.07, 6.45) is 1.90. The smallest absolute Gasteiger partial charge is 0.0766 e. The van der Waals surface area contributed by atoms with Crippen molar-refractivity contribution in [3.63, 3.8) is 0 Å². The molecule has 21 heavy (non-hydrogen) atoms. The maximum absolute atomic E-state index is 4.69. The van der Waals surface area contributed by atoms with E-state index in [-0.39, 0.29) is 0 Å². The van der Waals surface area contributed by atoms with Crippen LogP contribution in [0.15, 0.2) is 20.4 Å². The highest BCUT2D eigenvalue weighted by Gasteiger charge is 2.20. The minimum atomic E-state index is 0.328. The van der Waals surface area contributed by atoms with E-state index >= 15 is 0 Å². The quantitative estimate of drug-likeness (QED) is 0.668. The first kappa shape index (κ1) is 17.2. The molecule has 0 aliphatic heterocycles. The molecule has 0 bridgehead atoms. The third kappa shape index (κ3) is 3.97. The lowest BCUT2D eigenvalue weighted by Crippen LogP contribution is -2.23. The molecule has 1 atom stereocenters. The van der Waals surface area contributed by atoms with Crippen LogP contribution in [0.2, 0.25) is 0 Å². The molecule has 1 unspecified atom stereocenters. The standard InChI is InChI=1S/C15H21Br2N3S/c1-4-10-15(17)12(20(6-3)19-10)9-11(18-5-2)13-7-8-14(16)21-13/h7-8,11,18H,4-6,9H2,1-3H3. The second kappa shape index (κ2) is 7.90. The molecule has 0 aliphatic carbocycles. The Morgan fingerprint density at radius 2 is 2.05 bits per heavy atom. The largest absolute Gasteiger partial charge is 0.309 e. The average Bonchev–Trinajstić information content (AvgIpc) is 3.03. The van der Waals surface area contributed by atoms with Gasteiger partial charge in [0.15, 0.2) is 0 Å². The molecule has 0 fully saturated rings. The Bertz CT molecular complexity index is 592. The fourth-order valence-electron chi connectivity index (χ4n) is 2.44. The molecule has 0 aliphatic rings. The van der Waals surface area contributed by atoms with E-state index in [1.54, 1.807) is 11.3 Å². The molecule has 2 heterocycles. The summed E-state index contributed by atoms with van der Waals surface area (Å²) in [7, 11) is 0. The second-order valence-electron chi connectivity index (χ2n) is 4.83. The Morgan fingerprint density at radius 1 is 1.29 bits per heavy atom. The van der Waals surface area contributed by atoms with Crippen molar-refractivity contribution in [1.82, 2.24) is 15.1 Å². The normalized spacial score (nSPS) is 12.8. The molecule has 116 valence electrons. The van der Waals surface area contributed by atoms with Crippen molar-refractivity contribution < 1.29 is 0 Å². The molecule has 0 saturated heterocycles. The minimum Gasteiger partial charge on any atom is -0.309 e. The third-order valence-electron chi connectivity index (χ3n) is 3.48. The first-order valence-corrected chi connectivity index (χ1v) is 9.73. The zero-order valence-corrected chi connectivity index (χ0v) is 16.6. The highest BCUT2D eigenvalue weighted by atomic mass is 79.9. The number of rotatable bonds is 7. The van der Waals surface area contributed by atoms with E-state index in [4.69, 9.17) is 5.10 Å². The fraction of sp³-hybridized carbons (Fsp3) is 0.533. The molecular weight excluding hydrogens is 414 g/mol. The van der Waals surface area contributed by atoms with E-state index in [2.05, 4.69) is 74.8 Å². The van der Waals surface area contributed by atoms with Gasteiger partial charge in [-0.25, -0.2) is 0 Å². The Balaban J connectivity index is 2.30. The highest BCUT2D eigenvalue weighted by Crippen LogP contribution is 2.32. The summed E-state index contributed by atoms with van der Waals surface area (Å²) in [5.74, 6) is 0. The van der Waals surface area contributed by atoms with E-state index in [9.17, 15) is 0 Å². The first-order chi connectivity index (χ1) is 10.1. The van der Waals surface area contributed by atoms with Gasteiger partial charge >= 0.3 is 0 Å². The minimum absolute atomic E-state index is 0.328. The summed E-state index contributed by atoms with van der Waals surface area (Å²) < 4.78 is 4.47. The SMILES string of the molecule is CCNC(Cc1c(Br)c(CC)nn1CC)c1ccc(Br)s1. The molecule has 0 amide bonds. The molecule has 6 heteroatoms. The van der Waals surface area contributed by atoms with Crippen LogP contribution in [0, 0.1) is 0 Å². The summed E-state index contributed by atoms with van der Waals surface area (Å²) >= 11 is 9.10. The van der Waals surface area contributed by atoms with Crippen LogP contribution in [0.5, 0.6) is 0 Å². The summed E-state index contributed by atoms with van der Waals surface area (Å²) in [4.78, 5) is 1.36. The number of hydrogen-bond donors (Lipinski definition) is 1. The molecule has 0 saturated carbocycles. The zero-order valence-electron chi connectivity index (χ0n) is 12.6. The summed E-state index contributed by atoms with van der Waals surface area (Å²) in [6, 6.07) is 4.64. The highest BCUT2D eigenvalue weighted by molar-refractivity contribution is 9.11. The Hall–Kier alpha value is -0.170. The van der Waals surface area contributed by atoms with Crippen molar-refractivity contribution in [2.45, 2.75) is 46.2 Å². The molecule has 3 nitrogen and oxygen atoms in total. The molecule has 2 aromatic rings. The van der Waals surface area contributed by atoms with Gasteiger partial charge in [-0.2, -0.15) is 5.10 Å². The van der Waals surface area contributed by atoms with Crippen LogP contribution in [0.25, 0.3) is 0 Å². The number of nitrogens with zero attached hydrogens (tertiary/aromatic N) is 2. The van der Waals surface area contributed by atoms with Crippen LogP contribution in [-0.4, -0.2) is 16.3 Å². The Kier molecular flexibility index (Phi) is 6.47. The van der Waals surface area contributed by atoms with E-state index in [0.717, 1.165) is 31.6 Å². The first-order valence-electron chi connectivity index (χ1n) is 7.33. The summed E-state index contributed by atoms with van der Waals surface area (Å²) in [6.45, 7) is 8.31. The van der Waals surface area contributed by atoms with Gasteiger partial charge in [-0.3, -0.25) is 4.68 Å². The summed E-state index contributed by atoms with van der Waals surface area (Å²) in [5, 5.41) is 8.29. The van der Waals surface area contributed by atoms with Crippen molar-refractivity contribution in [3.8, 4) is 0 Å². The Labute approximate surface area is 147 Å². The second-order valence-corrected chi connectivity index (χ2v) is 8.12. The van der Waals surface area contributed by atoms with Crippen LogP contribution in [0.3, 0.4) is 0 Å². The van der Waals surface area contributed by atoms with Crippen molar-refractivity contribution in [1.29, 1.82) is 0 Å². The van der Waals surface area contributed by atoms with Crippen molar-refractivity contribution in [2.24, 2.45) is 0 Å². The van der Waals surface area contributed by atoms with Gasteiger partial charge in [0, 0.05) is 23.9 Å². The maximum Gasteiger partial charge on any atom is 0.0766 e. The molecular formula is C15H21Br2N3S. The Morgan fingerprint density at radius 3 is 2.57 bits per heavy atom. The molecule has 2 rings (SSSR count). The lowest BCUT2D eigenvalue weighted by molar-refractivity contribution is 0.521. The molecule has 1 N–H and O–H groups in total. The van der Waals surface area contributed by atoms with Crippen LogP contribution in [0.1, 0.15) is 43.1 Å². The van der Waals surface area contributed by atoms with Gasteiger partial charge in [0.1, 0.15) is 0 Å². The topological polar surface area (TPSA) is 29.9 Å². The van der Waals surface area contributed by atoms with Crippen LogP contribution in [-0.2, 0) is 19.4 Å². The van der Waals surface area contributed by atoms with Gasteiger partial charge in [0.05, 0.1) is 19.6 Å². The number of nitrogens with one attached hydrogen (secondary N) is 1. The van der Waals surface area contributed by atoms with Crippen LogP contribution < -0.4 is 5.32 Å². The van der Waals surface area contributed by atoms with Gasteiger partial charge in [-0.1, -0.05) is 13.8 Å². The monoisotopic (exact) mass is 433 g/mol.